The molecule has 2 N–H and O–H groups in total. The van der Waals surface area contributed by atoms with E-state index >= 15 is 0 Å². The Hall–Kier alpha value is -0.370. The molecule has 0 radical (unpaired) electrons. The van der Waals surface area contributed by atoms with Crippen LogP contribution in [0.2, 0.25) is 0 Å². The molecular formula is C12H19BrN2O3S. The third-order valence-corrected chi connectivity index (χ3v) is 6.31. The number of piperidine rings is 1. The maximum atomic E-state index is 12.6. The average molecular weight is 351 g/mol. The van der Waals surface area contributed by atoms with Gasteiger partial charge in [-0.15, -0.1) is 0 Å². The SMILES string of the molecule is CCC1CCCN(S(=O)(=O)c2cc(CN)oc2Br)C1. The summed E-state index contributed by atoms with van der Waals surface area (Å²) in [6.45, 7) is 3.45. The van der Waals surface area contributed by atoms with E-state index in [1.165, 1.54) is 6.07 Å². The Bertz CT molecular complexity index is 541. The highest BCUT2D eigenvalue weighted by molar-refractivity contribution is 9.10. The van der Waals surface area contributed by atoms with E-state index in [0.717, 1.165) is 19.3 Å². The van der Waals surface area contributed by atoms with Crippen molar-refractivity contribution in [3.63, 3.8) is 0 Å². The normalized spacial score (nSPS) is 21.7. The van der Waals surface area contributed by atoms with Gasteiger partial charge in [-0.3, -0.25) is 0 Å². The zero-order valence-corrected chi connectivity index (χ0v) is 13.3. The molecule has 1 saturated heterocycles. The highest BCUT2D eigenvalue weighted by atomic mass is 79.9. The number of hydrogen-bond acceptors (Lipinski definition) is 4. The highest BCUT2D eigenvalue weighted by Crippen LogP contribution is 2.31. The Labute approximate surface area is 122 Å². The van der Waals surface area contributed by atoms with E-state index in [4.69, 9.17) is 10.2 Å². The van der Waals surface area contributed by atoms with Gasteiger partial charge in [0.05, 0.1) is 6.54 Å². The van der Waals surface area contributed by atoms with Gasteiger partial charge in [-0.1, -0.05) is 13.3 Å². The van der Waals surface area contributed by atoms with Gasteiger partial charge in [-0.2, -0.15) is 4.31 Å². The lowest BCUT2D eigenvalue weighted by Crippen LogP contribution is -2.39. The number of hydrogen-bond donors (Lipinski definition) is 1. The number of sulfonamides is 1. The van der Waals surface area contributed by atoms with E-state index in [2.05, 4.69) is 22.9 Å². The van der Waals surface area contributed by atoms with Crippen LogP contribution in [0.1, 0.15) is 31.9 Å². The molecule has 108 valence electrons. The molecule has 7 heteroatoms. The van der Waals surface area contributed by atoms with Crippen molar-refractivity contribution in [2.45, 2.75) is 37.6 Å². The van der Waals surface area contributed by atoms with E-state index in [0.29, 0.717) is 24.8 Å². The lowest BCUT2D eigenvalue weighted by atomic mass is 9.97. The zero-order chi connectivity index (χ0) is 14.0. The summed E-state index contributed by atoms with van der Waals surface area (Å²) in [5.41, 5.74) is 5.47. The molecule has 1 aliphatic heterocycles. The molecule has 0 bridgehead atoms. The second kappa shape index (κ2) is 5.95. The first-order valence-electron chi connectivity index (χ1n) is 6.47. The smallest absolute Gasteiger partial charge is 0.247 e. The molecule has 2 rings (SSSR count). The van der Waals surface area contributed by atoms with Crippen LogP contribution in [0.4, 0.5) is 0 Å². The molecule has 0 aromatic carbocycles. The molecular weight excluding hydrogens is 332 g/mol. The minimum atomic E-state index is -3.49. The molecule has 0 spiro atoms. The molecule has 1 aliphatic rings. The quantitative estimate of drug-likeness (QED) is 0.903. The van der Waals surface area contributed by atoms with Gasteiger partial charge in [0.2, 0.25) is 10.0 Å². The van der Waals surface area contributed by atoms with Crippen molar-refractivity contribution in [1.29, 1.82) is 0 Å². The lowest BCUT2D eigenvalue weighted by molar-refractivity contribution is 0.261. The molecule has 0 saturated carbocycles. The minimum Gasteiger partial charge on any atom is -0.452 e. The van der Waals surface area contributed by atoms with Crippen molar-refractivity contribution in [2.24, 2.45) is 11.7 Å². The Morgan fingerprint density at radius 3 is 2.89 bits per heavy atom. The number of nitrogens with two attached hydrogens (primary N) is 1. The van der Waals surface area contributed by atoms with Gasteiger partial charge in [0.15, 0.2) is 4.67 Å². The molecule has 1 unspecified atom stereocenters. The molecule has 19 heavy (non-hydrogen) atoms. The van der Waals surface area contributed by atoms with Crippen molar-refractivity contribution >= 4 is 26.0 Å². The Morgan fingerprint density at radius 2 is 2.32 bits per heavy atom. The van der Waals surface area contributed by atoms with Crippen molar-refractivity contribution in [3.8, 4) is 0 Å². The number of nitrogens with zero attached hydrogens (tertiary/aromatic N) is 1. The molecule has 5 nitrogen and oxygen atoms in total. The summed E-state index contributed by atoms with van der Waals surface area (Å²) >= 11 is 3.16. The Kier molecular flexibility index (Phi) is 4.70. The summed E-state index contributed by atoms with van der Waals surface area (Å²) in [5.74, 6) is 0.915. The van der Waals surface area contributed by atoms with Crippen molar-refractivity contribution in [1.82, 2.24) is 4.31 Å². The fraction of sp³-hybridized carbons (Fsp3) is 0.667. The van der Waals surface area contributed by atoms with Crippen LogP contribution in [0.3, 0.4) is 0 Å². The van der Waals surface area contributed by atoms with E-state index in [1.807, 2.05) is 0 Å². The molecule has 1 atom stereocenters. The van der Waals surface area contributed by atoms with Gasteiger partial charge >= 0.3 is 0 Å². The van der Waals surface area contributed by atoms with Gasteiger partial charge in [-0.05, 0) is 34.7 Å². The third-order valence-electron chi connectivity index (χ3n) is 3.58. The predicted molar refractivity (Wildman–Crippen MR) is 76.1 cm³/mol. The van der Waals surface area contributed by atoms with Gasteiger partial charge in [0.1, 0.15) is 10.7 Å². The molecule has 2 heterocycles. The van der Waals surface area contributed by atoms with Gasteiger partial charge in [-0.25, -0.2) is 8.42 Å². The summed E-state index contributed by atoms with van der Waals surface area (Å²) < 4.78 is 32.3. The Morgan fingerprint density at radius 1 is 1.58 bits per heavy atom. The monoisotopic (exact) mass is 350 g/mol. The molecule has 1 fully saturated rings. The number of rotatable bonds is 4. The fourth-order valence-corrected chi connectivity index (χ4v) is 4.91. The number of halogens is 1. The predicted octanol–water partition coefficient (Wildman–Crippen LogP) is 2.31. The summed E-state index contributed by atoms with van der Waals surface area (Å²) in [5, 5.41) is 0. The standard InChI is InChI=1S/C12H19BrN2O3S/c1-2-9-4-3-5-15(8-9)19(16,17)11-6-10(7-14)18-12(11)13/h6,9H,2-5,7-8,14H2,1H3. The summed E-state index contributed by atoms with van der Waals surface area (Å²) in [6, 6.07) is 1.51. The molecule has 0 amide bonds. The van der Waals surface area contributed by atoms with Crippen LogP contribution in [0, 0.1) is 5.92 Å². The van der Waals surface area contributed by atoms with E-state index in [9.17, 15) is 8.42 Å². The molecule has 1 aromatic heterocycles. The number of furan rings is 1. The molecule has 1 aromatic rings. The van der Waals surface area contributed by atoms with Gasteiger partial charge in [0.25, 0.3) is 0 Å². The van der Waals surface area contributed by atoms with Gasteiger partial charge in [0, 0.05) is 19.2 Å². The topological polar surface area (TPSA) is 76.5 Å². The average Bonchev–Trinajstić information content (AvgIpc) is 2.81. The van der Waals surface area contributed by atoms with Crippen LogP contribution >= 0.6 is 15.9 Å². The van der Waals surface area contributed by atoms with Crippen molar-refractivity contribution in [2.75, 3.05) is 13.1 Å². The van der Waals surface area contributed by atoms with E-state index in [1.54, 1.807) is 4.31 Å². The second-order valence-electron chi connectivity index (χ2n) is 4.83. The third kappa shape index (κ3) is 3.04. The van der Waals surface area contributed by atoms with Crippen molar-refractivity contribution < 1.29 is 12.8 Å². The Balaban J connectivity index is 2.28. The van der Waals surface area contributed by atoms with Crippen LogP contribution in [0.5, 0.6) is 0 Å². The van der Waals surface area contributed by atoms with Gasteiger partial charge < -0.3 is 10.2 Å². The van der Waals surface area contributed by atoms with E-state index < -0.39 is 10.0 Å². The van der Waals surface area contributed by atoms with Crippen LogP contribution < -0.4 is 5.73 Å². The zero-order valence-electron chi connectivity index (χ0n) is 10.9. The van der Waals surface area contributed by atoms with Crippen LogP contribution in [0.25, 0.3) is 0 Å². The largest absolute Gasteiger partial charge is 0.452 e. The fourth-order valence-electron chi connectivity index (χ4n) is 2.39. The summed E-state index contributed by atoms with van der Waals surface area (Å²) in [7, 11) is -3.49. The van der Waals surface area contributed by atoms with E-state index in [-0.39, 0.29) is 16.1 Å². The lowest BCUT2D eigenvalue weighted by Gasteiger charge is -2.31. The first kappa shape index (κ1) is 15.0. The maximum Gasteiger partial charge on any atom is 0.247 e. The van der Waals surface area contributed by atoms with Crippen LogP contribution in [0.15, 0.2) is 20.0 Å². The van der Waals surface area contributed by atoms with Crippen LogP contribution in [-0.4, -0.2) is 25.8 Å². The first-order chi connectivity index (χ1) is 8.98. The first-order valence-corrected chi connectivity index (χ1v) is 8.70. The minimum absolute atomic E-state index is 0.185. The highest BCUT2D eigenvalue weighted by Gasteiger charge is 2.32. The van der Waals surface area contributed by atoms with Crippen molar-refractivity contribution in [3.05, 3.63) is 16.5 Å². The second-order valence-corrected chi connectivity index (χ2v) is 7.46. The van der Waals surface area contributed by atoms with Crippen LogP contribution in [-0.2, 0) is 16.6 Å². The molecule has 0 aliphatic carbocycles. The summed E-state index contributed by atoms with van der Waals surface area (Å²) in [6.07, 6.45) is 3.02. The summed E-state index contributed by atoms with van der Waals surface area (Å²) in [4.78, 5) is 0.185. The maximum absolute atomic E-state index is 12.6.